The molecule has 132 valence electrons. The van der Waals surface area contributed by atoms with Crippen LogP contribution in [0.3, 0.4) is 0 Å². The number of carbonyl (C=O) groups is 3. The van der Waals surface area contributed by atoms with Gasteiger partial charge in [0.05, 0.1) is 10.8 Å². The maximum atomic E-state index is 12.1. The van der Waals surface area contributed by atoms with Crippen molar-refractivity contribution in [3.05, 3.63) is 22.4 Å². The fraction of sp³-hybridized carbons (Fsp3) is 0.611. The molecule has 0 aromatic carbocycles. The van der Waals surface area contributed by atoms with E-state index < -0.39 is 18.4 Å². The lowest BCUT2D eigenvalue weighted by Gasteiger charge is -2.36. The van der Waals surface area contributed by atoms with E-state index in [1.165, 1.54) is 11.3 Å². The molecule has 0 unspecified atom stereocenters. The number of esters is 1. The van der Waals surface area contributed by atoms with Crippen LogP contribution >= 0.6 is 11.3 Å². The smallest absolute Gasteiger partial charge is 0.309 e. The van der Waals surface area contributed by atoms with Crippen LogP contribution in [0.2, 0.25) is 0 Å². The summed E-state index contributed by atoms with van der Waals surface area (Å²) < 4.78 is 5.08. The van der Waals surface area contributed by atoms with E-state index in [9.17, 15) is 14.4 Å². The molecule has 0 radical (unpaired) electrons. The first-order chi connectivity index (χ1) is 11.3. The molecule has 0 saturated heterocycles. The Morgan fingerprint density at radius 2 is 1.88 bits per heavy atom. The molecule has 0 bridgehead atoms. The monoisotopic (exact) mass is 351 g/mol. The van der Waals surface area contributed by atoms with Gasteiger partial charge in [-0.1, -0.05) is 26.8 Å². The molecule has 0 spiro atoms. The molecule has 1 fully saturated rings. The highest BCUT2D eigenvalue weighted by Gasteiger charge is 2.33. The average Bonchev–Trinajstić information content (AvgIpc) is 3.06. The third-order valence-corrected chi connectivity index (χ3v) is 5.50. The van der Waals surface area contributed by atoms with Crippen LogP contribution in [0.4, 0.5) is 0 Å². The molecule has 2 rings (SSSR count). The molecule has 1 heterocycles. The van der Waals surface area contributed by atoms with E-state index in [4.69, 9.17) is 4.74 Å². The van der Waals surface area contributed by atoms with Gasteiger partial charge in [0.1, 0.15) is 0 Å². The van der Waals surface area contributed by atoms with Crippen molar-refractivity contribution in [2.75, 3.05) is 6.61 Å². The van der Waals surface area contributed by atoms with Crippen LogP contribution in [0.25, 0.3) is 0 Å². The molecule has 1 aromatic rings. The summed E-state index contributed by atoms with van der Waals surface area (Å²) in [5.41, 5.74) is 0.261. The van der Waals surface area contributed by atoms with E-state index in [1.807, 2.05) is 0 Å². The predicted octanol–water partition coefficient (Wildman–Crippen LogP) is 3.40. The second-order valence-electron chi connectivity index (χ2n) is 7.38. The Balaban J connectivity index is 1.71. The van der Waals surface area contributed by atoms with Gasteiger partial charge in [-0.05, 0) is 48.5 Å². The Hall–Kier alpha value is -1.69. The van der Waals surface area contributed by atoms with Crippen molar-refractivity contribution >= 4 is 29.1 Å². The first-order valence-corrected chi connectivity index (χ1v) is 9.19. The van der Waals surface area contributed by atoms with Crippen LogP contribution in [-0.2, 0) is 14.3 Å². The third-order valence-electron chi connectivity index (χ3n) is 4.63. The molecule has 1 aliphatic rings. The Bertz CT molecular complexity index is 581. The van der Waals surface area contributed by atoms with Crippen LogP contribution in [-0.4, -0.2) is 24.4 Å². The van der Waals surface area contributed by atoms with E-state index in [0.717, 1.165) is 25.7 Å². The standard InChI is InChI=1S/C18H25NO4S/c1-18(2,3)13-8-6-12(7-9-13)17(22)23-11-15(20)19-16(21)14-5-4-10-24-14/h4-5,10,12-13H,6-9,11H2,1-3H3,(H,19,20,21). The molecule has 1 aromatic heterocycles. The summed E-state index contributed by atoms with van der Waals surface area (Å²) in [6, 6.07) is 3.37. The van der Waals surface area contributed by atoms with Gasteiger partial charge in [-0.15, -0.1) is 11.3 Å². The molecule has 5 nitrogen and oxygen atoms in total. The Morgan fingerprint density at radius 3 is 2.42 bits per heavy atom. The molecular weight excluding hydrogens is 326 g/mol. The van der Waals surface area contributed by atoms with Crippen molar-refractivity contribution in [1.82, 2.24) is 5.32 Å². The lowest BCUT2D eigenvalue weighted by Crippen LogP contribution is -2.35. The minimum Gasteiger partial charge on any atom is -0.455 e. The lowest BCUT2D eigenvalue weighted by molar-refractivity contribution is -0.154. The molecule has 1 N–H and O–H groups in total. The van der Waals surface area contributed by atoms with Gasteiger partial charge in [-0.2, -0.15) is 0 Å². The number of thiophene rings is 1. The Kier molecular flexibility index (Phi) is 6.15. The lowest BCUT2D eigenvalue weighted by atomic mass is 9.70. The van der Waals surface area contributed by atoms with Crippen molar-refractivity contribution in [2.45, 2.75) is 46.5 Å². The van der Waals surface area contributed by atoms with Crippen molar-refractivity contribution in [1.29, 1.82) is 0 Å². The SMILES string of the molecule is CC(C)(C)C1CCC(C(=O)OCC(=O)NC(=O)c2cccs2)CC1. The normalized spacial score (nSPS) is 21.1. The zero-order valence-corrected chi connectivity index (χ0v) is 15.3. The summed E-state index contributed by atoms with van der Waals surface area (Å²) in [6.45, 7) is 6.27. The summed E-state index contributed by atoms with van der Waals surface area (Å²) in [7, 11) is 0. The molecule has 1 saturated carbocycles. The number of amides is 2. The van der Waals surface area contributed by atoms with Crippen LogP contribution in [0, 0.1) is 17.3 Å². The number of carbonyl (C=O) groups excluding carboxylic acids is 3. The molecule has 0 atom stereocenters. The van der Waals surface area contributed by atoms with Crippen molar-refractivity contribution in [3.8, 4) is 0 Å². The van der Waals surface area contributed by atoms with E-state index in [0.29, 0.717) is 10.8 Å². The number of ether oxygens (including phenoxy) is 1. The summed E-state index contributed by atoms with van der Waals surface area (Å²) in [5, 5.41) is 3.98. The van der Waals surface area contributed by atoms with E-state index in [1.54, 1.807) is 17.5 Å². The molecule has 24 heavy (non-hydrogen) atoms. The van der Waals surface area contributed by atoms with E-state index in [-0.39, 0.29) is 17.3 Å². The van der Waals surface area contributed by atoms with Crippen LogP contribution in [0.15, 0.2) is 17.5 Å². The van der Waals surface area contributed by atoms with Crippen LogP contribution < -0.4 is 5.32 Å². The maximum Gasteiger partial charge on any atom is 0.309 e. The van der Waals surface area contributed by atoms with E-state index >= 15 is 0 Å². The maximum absolute atomic E-state index is 12.1. The number of rotatable bonds is 4. The third kappa shape index (κ3) is 5.16. The molecule has 2 amide bonds. The Labute approximate surface area is 146 Å². The minimum atomic E-state index is -0.592. The highest BCUT2D eigenvalue weighted by Crippen LogP contribution is 2.40. The molecule has 1 aliphatic carbocycles. The second-order valence-corrected chi connectivity index (χ2v) is 8.32. The zero-order chi connectivity index (χ0) is 17.7. The fourth-order valence-electron chi connectivity index (χ4n) is 3.08. The Morgan fingerprint density at radius 1 is 1.21 bits per heavy atom. The second kappa shape index (κ2) is 7.92. The predicted molar refractivity (Wildman–Crippen MR) is 92.7 cm³/mol. The van der Waals surface area contributed by atoms with Crippen LogP contribution in [0.1, 0.15) is 56.1 Å². The number of hydrogen-bond donors (Lipinski definition) is 1. The van der Waals surface area contributed by atoms with Gasteiger partial charge in [-0.25, -0.2) is 0 Å². The number of imide groups is 1. The average molecular weight is 351 g/mol. The molecule has 0 aliphatic heterocycles. The minimum absolute atomic E-state index is 0.135. The van der Waals surface area contributed by atoms with Crippen molar-refractivity contribution in [3.63, 3.8) is 0 Å². The van der Waals surface area contributed by atoms with Gasteiger partial charge in [0.15, 0.2) is 6.61 Å². The zero-order valence-electron chi connectivity index (χ0n) is 14.5. The van der Waals surface area contributed by atoms with Crippen molar-refractivity contribution in [2.24, 2.45) is 17.3 Å². The molecule has 6 heteroatoms. The van der Waals surface area contributed by atoms with Gasteiger partial charge >= 0.3 is 5.97 Å². The summed E-state index contributed by atoms with van der Waals surface area (Å²) in [4.78, 5) is 36.0. The first kappa shape index (κ1) is 18.6. The van der Waals surface area contributed by atoms with Gasteiger partial charge in [0.25, 0.3) is 11.8 Å². The number of nitrogens with one attached hydrogen (secondary N) is 1. The van der Waals surface area contributed by atoms with Gasteiger partial charge < -0.3 is 4.74 Å². The largest absolute Gasteiger partial charge is 0.455 e. The van der Waals surface area contributed by atoms with Crippen LogP contribution in [0.5, 0.6) is 0 Å². The van der Waals surface area contributed by atoms with Gasteiger partial charge in [0, 0.05) is 0 Å². The summed E-state index contributed by atoms with van der Waals surface area (Å²) in [5.74, 6) is -0.902. The quantitative estimate of drug-likeness (QED) is 0.844. The fourth-order valence-corrected chi connectivity index (χ4v) is 3.70. The van der Waals surface area contributed by atoms with Gasteiger partial charge in [0.2, 0.25) is 0 Å². The topological polar surface area (TPSA) is 72.5 Å². The summed E-state index contributed by atoms with van der Waals surface area (Å²) in [6.07, 6.45) is 3.62. The molecular formula is C18H25NO4S. The van der Waals surface area contributed by atoms with Gasteiger partial charge in [-0.3, -0.25) is 19.7 Å². The van der Waals surface area contributed by atoms with E-state index in [2.05, 4.69) is 26.1 Å². The number of hydrogen-bond acceptors (Lipinski definition) is 5. The first-order valence-electron chi connectivity index (χ1n) is 8.31. The van der Waals surface area contributed by atoms with Crippen molar-refractivity contribution < 1.29 is 19.1 Å². The highest BCUT2D eigenvalue weighted by molar-refractivity contribution is 7.12. The highest BCUT2D eigenvalue weighted by atomic mass is 32.1. The summed E-state index contributed by atoms with van der Waals surface area (Å²) >= 11 is 1.25.